The van der Waals surface area contributed by atoms with E-state index in [1.165, 1.54) is 32.8 Å². The summed E-state index contributed by atoms with van der Waals surface area (Å²) in [5.41, 5.74) is 1.17. The number of anilines is 1. The van der Waals surface area contributed by atoms with E-state index in [1.54, 1.807) is 24.3 Å². The van der Waals surface area contributed by atoms with Crippen molar-refractivity contribution in [2.75, 3.05) is 32.1 Å². The highest BCUT2D eigenvalue weighted by Crippen LogP contribution is 2.12. The second kappa shape index (κ2) is 11.6. The molecule has 0 atom stereocenters. The van der Waals surface area contributed by atoms with Crippen LogP contribution in [0, 0.1) is 0 Å². The third kappa shape index (κ3) is 8.82. The van der Waals surface area contributed by atoms with Gasteiger partial charge in [-0.15, -0.1) is 0 Å². The number of methoxy groups -OCH3 is 1. The molecule has 0 saturated carbocycles. The van der Waals surface area contributed by atoms with Crippen molar-refractivity contribution < 1.29 is 34.1 Å². The van der Waals surface area contributed by atoms with E-state index in [0.29, 0.717) is 17.8 Å². The summed E-state index contributed by atoms with van der Waals surface area (Å²) in [6.07, 6.45) is 4.85. The number of carboxylic acid groups (broad SMARTS) is 2. The normalized spacial score (nSPS) is 14.1. The van der Waals surface area contributed by atoms with Gasteiger partial charge in [0.1, 0.15) is 0 Å². The largest absolute Gasteiger partial charge is 0.473 e. The summed E-state index contributed by atoms with van der Waals surface area (Å²) in [6, 6.07) is 6.72. The van der Waals surface area contributed by atoms with Crippen molar-refractivity contribution in [3.63, 3.8) is 0 Å². The summed E-state index contributed by atoms with van der Waals surface area (Å²) in [7, 11) is 1.35. The average Bonchev–Trinajstić information content (AvgIpc) is 2.90. The smallest absolute Gasteiger partial charge is 0.414 e. The van der Waals surface area contributed by atoms with Crippen LogP contribution in [0.25, 0.3) is 0 Å². The Morgan fingerprint density at radius 2 is 1.48 bits per heavy atom. The first kappa shape index (κ1) is 22.1. The van der Waals surface area contributed by atoms with Crippen molar-refractivity contribution in [1.82, 2.24) is 4.90 Å². The summed E-state index contributed by atoms with van der Waals surface area (Å²) in [4.78, 5) is 43.7. The Kier molecular flexibility index (Phi) is 9.52. The number of carbonyl (C=O) groups is 4. The van der Waals surface area contributed by atoms with Crippen molar-refractivity contribution >= 4 is 29.5 Å². The molecule has 2 rings (SSSR count). The first-order valence-corrected chi connectivity index (χ1v) is 8.50. The van der Waals surface area contributed by atoms with Gasteiger partial charge in [0.15, 0.2) is 0 Å². The number of nitrogens with zero attached hydrogens (tertiary/aromatic N) is 1. The van der Waals surface area contributed by atoms with Gasteiger partial charge in [0.25, 0.3) is 0 Å². The number of hydrogen-bond acceptors (Lipinski definition) is 6. The Labute approximate surface area is 156 Å². The molecule has 0 aromatic heterocycles. The number of amides is 1. The predicted molar refractivity (Wildman–Crippen MR) is 96.6 cm³/mol. The lowest BCUT2D eigenvalue weighted by Crippen LogP contribution is -2.33. The van der Waals surface area contributed by atoms with Crippen LogP contribution >= 0.6 is 0 Å². The second-order valence-electron chi connectivity index (χ2n) is 5.92. The van der Waals surface area contributed by atoms with Crippen molar-refractivity contribution in [2.24, 2.45) is 0 Å². The summed E-state index contributed by atoms with van der Waals surface area (Å²) in [5, 5.41) is 17.6. The Morgan fingerprint density at radius 1 is 0.963 bits per heavy atom. The Hall–Kier alpha value is -2.94. The van der Waals surface area contributed by atoms with Crippen molar-refractivity contribution in [3.8, 4) is 0 Å². The fourth-order valence-corrected chi connectivity index (χ4v) is 2.51. The SMILES string of the molecule is COC(=O)c1ccc(NC(=O)CN2CCCCCC2)cc1.O=C(O)C(=O)O. The van der Waals surface area contributed by atoms with Gasteiger partial charge >= 0.3 is 17.9 Å². The van der Waals surface area contributed by atoms with Gasteiger partial charge in [-0.2, -0.15) is 0 Å². The Morgan fingerprint density at radius 3 is 1.93 bits per heavy atom. The molecule has 1 heterocycles. The molecule has 1 aliphatic heterocycles. The zero-order chi connectivity index (χ0) is 20.2. The van der Waals surface area contributed by atoms with Crippen molar-refractivity contribution in [3.05, 3.63) is 29.8 Å². The molecule has 0 radical (unpaired) electrons. The van der Waals surface area contributed by atoms with Gasteiger partial charge in [0, 0.05) is 5.69 Å². The number of ether oxygens (including phenoxy) is 1. The van der Waals surface area contributed by atoms with E-state index in [-0.39, 0.29) is 11.9 Å². The van der Waals surface area contributed by atoms with Crippen LogP contribution in [0.5, 0.6) is 0 Å². The minimum absolute atomic E-state index is 0.0114. The quantitative estimate of drug-likeness (QED) is 0.528. The molecule has 0 bridgehead atoms. The van der Waals surface area contributed by atoms with E-state index in [4.69, 9.17) is 19.8 Å². The summed E-state index contributed by atoms with van der Waals surface area (Å²) >= 11 is 0. The van der Waals surface area contributed by atoms with Crippen LogP contribution in [0.3, 0.4) is 0 Å². The molecule has 1 aromatic rings. The lowest BCUT2D eigenvalue weighted by atomic mass is 10.2. The number of rotatable bonds is 4. The summed E-state index contributed by atoms with van der Waals surface area (Å²) in [6.45, 7) is 2.42. The van der Waals surface area contributed by atoms with Gasteiger partial charge in [-0.3, -0.25) is 9.69 Å². The minimum atomic E-state index is -1.82. The van der Waals surface area contributed by atoms with Crippen LogP contribution in [0.15, 0.2) is 24.3 Å². The first-order valence-electron chi connectivity index (χ1n) is 8.50. The van der Waals surface area contributed by atoms with Crippen LogP contribution in [-0.2, 0) is 19.1 Å². The van der Waals surface area contributed by atoms with Crippen LogP contribution in [0.2, 0.25) is 0 Å². The number of carboxylic acids is 2. The third-order valence-electron chi connectivity index (χ3n) is 3.84. The number of likely N-dealkylation sites (tertiary alicyclic amines) is 1. The topological polar surface area (TPSA) is 133 Å². The van der Waals surface area contributed by atoms with Gasteiger partial charge in [-0.05, 0) is 50.2 Å². The summed E-state index contributed by atoms with van der Waals surface area (Å²) in [5.74, 6) is -4.04. The van der Waals surface area contributed by atoms with Gasteiger partial charge in [0.2, 0.25) is 5.91 Å². The van der Waals surface area contributed by atoms with E-state index in [0.717, 1.165) is 13.1 Å². The fourth-order valence-electron chi connectivity index (χ4n) is 2.51. The van der Waals surface area contributed by atoms with E-state index in [1.807, 2.05) is 0 Å². The maximum atomic E-state index is 12.0. The maximum absolute atomic E-state index is 12.0. The summed E-state index contributed by atoms with van der Waals surface area (Å²) < 4.78 is 4.64. The fraction of sp³-hybridized carbons (Fsp3) is 0.444. The standard InChI is InChI=1S/C16H22N2O3.C2H2O4/c1-21-16(20)13-6-8-14(9-7-13)17-15(19)12-18-10-4-2-3-5-11-18;3-1(4)2(5)6/h6-9H,2-5,10-12H2,1H3,(H,17,19);(H,3,4)(H,5,6). The third-order valence-corrected chi connectivity index (χ3v) is 3.84. The molecule has 27 heavy (non-hydrogen) atoms. The van der Waals surface area contributed by atoms with Crippen LogP contribution in [0.1, 0.15) is 36.0 Å². The maximum Gasteiger partial charge on any atom is 0.414 e. The molecule has 0 aliphatic carbocycles. The van der Waals surface area contributed by atoms with Crippen molar-refractivity contribution in [1.29, 1.82) is 0 Å². The molecular weight excluding hydrogens is 356 g/mol. The molecule has 1 fully saturated rings. The molecular formula is C18H24N2O7. The van der Waals surface area contributed by atoms with Gasteiger partial charge < -0.3 is 20.3 Å². The minimum Gasteiger partial charge on any atom is -0.473 e. The van der Waals surface area contributed by atoms with E-state index >= 15 is 0 Å². The lowest BCUT2D eigenvalue weighted by molar-refractivity contribution is -0.159. The number of carbonyl (C=O) groups excluding carboxylic acids is 2. The average molecular weight is 380 g/mol. The molecule has 148 valence electrons. The Bertz CT molecular complexity index is 638. The molecule has 1 aliphatic rings. The molecule has 9 heteroatoms. The first-order chi connectivity index (χ1) is 12.8. The van der Waals surface area contributed by atoms with Crippen LogP contribution in [-0.4, -0.2) is 65.7 Å². The van der Waals surface area contributed by atoms with E-state index < -0.39 is 11.9 Å². The van der Waals surface area contributed by atoms with Crippen LogP contribution in [0.4, 0.5) is 5.69 Å². The Balaban J connectivity index is 0.000000527. The van der Waals surface area contributed by atoms with Crippen molar-refractivity contribution in [2.45, 2.75) is 25.7 Å². The molecule has 3 N–H and O–H groups in total. The zero-order valence-corrected chi connectivity index (χ0v) is 15.1. The number of aliphatic carboxylic acids is 2. The van der Waals surface area contributed by atoms with Crippen LogP contribution < -0.4 is 5.32 Å². The van der Waals surface area contributed by atoms with Gasteiger partial charge in [0.05, 0.1) is 19.2 Å². The van der Waals surface area contributed by atoms with E-state index in [9.17, 15) is 9.59 Å². The zero-order valence-electron chi connectivity index (χ0n) is 15.1. The molecule has 1 aromatic carbocycles. The number of benzene rings is 1. The number of esters is 1. The lowest BCUT2D eigenvalue weighted by Gasteiger charge is -2.18. The monoisotopic (exact) mass is 380 g/mol. The molecule has 1 amide bonds. The molecule has 9 nitrogen and oxygen atoms in total. The molecule has 0 unspecified atom stereocenters. The van der Waals surface area contributed by atoms with Gasteiger partial charge in [-0.25, -0.2) is 14.4 Å². The highest BCUT2D eigenvalue weighted by atomic mass is 16.5. The van der Waals surface area contributed by atoms with Gasteiger partial charge in [-0.1, -0.05) is 12.8 Å². The number of hydrogen-bond donors (Lipinski definition) is 3. The predicted octanol–water partition coefficient (Wildman–Crippen LogP) is 1.44. The molecule has 0 spiro atoms. The highest BCUT2D eigenvalue weighted by molar-refractivity contribution is 6.27. The van der Waals surface area contributed by atoms with E-state index in [2.05, 4.69) is 15.0 Å². The second-order valence-corrected chi connectivity index (χ2v) is 5.92. The highest BCUT2D eigenvalue weighted by Gasteiger charge is 2.13. The molecule has 1 saturated heterocycles. The number of nitrogens with one attached hydrogen (secondary N) is 1.